The zero-order valence-electron chi connectivity index (χ0n) is 9.43. The van der Waals surface area contributed by atoms with Crippen molar-refractivity contribution in [3.8, 4) is 0 Å². The van der Waals surface area contributed by atoms with Crippen molar-refractivity contribution in [1.82, 2.24) is 4.98 Å². The molecule has 1 rings (SSSR count). The second-order valence-electron chi connectivity index (χ2n) is 4.02. The highest BCUT2D eigenvalue weighted by Crippen LogP contribution is 2.31. The minimum atomic E-state index is 0.434. The second-order valence-corrected chi connectivity index (χ2v) is 4.42. The van der Waals surface area contributed by atoms with Crippen molar-refractivity contribution in [3.05, 3.63) is 22.3 Å². The molecule has 1 heterocycles. The molecule has 0 unspecified atom stereocenters. The monoisotopic (exact) mass is 212 g/mol. The highest BCUT2D eigenvalue weighted by atomic mass is 35.5. The van der Waals surface area contributed by atoms with Gasteiger partial charge in [0.15, 0.2) is 0 Å². The Morgan fingerprint density at radius 2 is 1.93 bits per heavy atom. The van der Waals surface area contributed by atoms with E-state index in [4.69, 9.17) is 11.6 Å². The predicted octanol–water partition coefficient (Wildman–Crippen LogP) is 3.23. The number of anilines is 1. The number of pyridine rings is 1. The largest absolute Gasteiger partial charge is 0.363 e. The van der Waals surface area contributed by atoms with Crippen molar-refractivity contribution in [2.24, 2.45) is 0 Å². The van der Waals surface area contributed by atoms with E-state index in [0.717, 1.165) is 10.8 Å². The Bertz CT molecular complexity index is 332. The smallest absolute Gasteiger partial charge is 0.131 e. The summed E-state index contributed by atoms with van der Waals surface area (Å²) in [5, 5.41) is 0.767. The van der Waals surface area contributed by atoms with Gasteiger partial charge in [0.05, 0.1) is 5.02 Å². The highest BCUT2D eigenvalue weighted by molar-refractivity contribution is 6.31. The summed E-state index contributed by atoms with van der Waals surface area (Å²) < 4.78 is 0. The van der Waals surface area contributed by atoms with E-state index in [1.807, 2.05) is 19.0 Å². The molecule has 0 atom stereocenters. The molecule has 1 aromatic heterocycles. The first-order valence-corrected chi connectivity index (χ1v) is 5.15. The van der Waals surface area contributed by atoms with Gasteiger partial charge in [-0.15, -0.1) is 0 Å². The summed E-state index contributed by atoms with van der Waals surface area (Å²) in [5.41, 5.74) is 2.38. The van der Waals surface area contributed by atoms with E-state index in [-0.39, 0.29) is 0 Å². The lowest BCUT2D eigenvalue weighted by atomic mass is 9.99. The molecule has 14 heavy (non-hydrogen) atoms. The standard InChI is InChI=1S/C11H17ClN2/c1-7(2)10-8(3)11(14(4)5)13-6-9(10)12/h6-7H,1-5H3. The first-order valence-electron chi connectivity index (χ1n) is 4.77. The fourth-order valence-electron chi connectivity index (χ4n) is 1.74. The molecule has 0 saturated carbocycles. The molecule has 78 valence electrons. The van der Waals surface area contributed by atoms with Gasteiger partial charge in [0, 0.05) is 20.3 Å². The third-order valence-corrected chi connectivity index (χ3v) is 2.60. The zero-order valence-corrected chi connectivity index (χ0v) is 10.2. The molecule has 0 aliphatic rings. The van der Waals surface area contributed by atoms with E-state index in [1.165, 1.54) is 11.1 Å². The van der Waals surface area contributed by atoms with E-state index >= 15 is 0 Å². The molecule has 0 aliphatic carbocycles. The van der Waals surface area contributed by atoms with Gasteiger partial charge in [0.2, 0.25) is 0 Å². The van der Waals surface area contributed by atoms with Gasteiger partial charge in [-0.3, -0.25) is 0 Å². The van der Waals surface area contributed by atoms with Gasteiger partial charge in [-0.25, -0.2) is 4.98 Å². The van der Waals surface area contributed by atoms with Crippen molar-refractivity contribution in [2.75, 3.05) is 19.0 Å². The van der Waals surface area contributed by atoms with Gasteiger partial charge in [-0.05, 0) is 24.0 Å². The quantitative estimate of drug-likeness (QED) is 0.749. The zero-order chi connectivity index (χ0) is 10.9. The van der Waals surface area contributed by atoms with Gasteiger partial charge in [0.1, 0.15) is 5.82 Å². The summed E-state index contributed by atoms with van der Waals surface area (Å²) in [6.45, 7) is 6.37. The Kier molecular flexibility index (Phi) is 3.38. The number of hydrogen-bond acceptors (Lipinski definition) is 2. The Morgan fingerprint density at radius 3 is 2.36 bits per heavy atom. The van der Waals surface area contributed by atoms with E-state index in [0.29, 0.717) is 5.92 Å². The van der Waals surface area contributed by atoms with Crippen LogP contribution < -0.4 is 4.90 Å². The van der Waals surface area contributed by atoms with Crippen LogP contribution in [0.4, 0.5) is 5.82 Å². The van der Waals surface area contributed by atoms with Crippen molar-refractivity contribution in [1.29, 1.82) is 0 Å². The molecule has 1 aromatic rings. The minimum absolute atomic E-state index is 0.434. The summed E-state index contributed by atoms with van der Waals surface area (Å²) in [4.78, 5) is 6.33. The molecule has 0 bridgehead atoms. The van der Waals surface area contributed by atoms with E-state index < -0.39 is 0 Å². The molecule has 2 nitrogen and oxygen atoms in total. The maximum absolute atomic E-state index is 6.12. The van der Waals surface area contributed by atoms with Gasteiger partial charge in [-0.2, -0.15) is 0 Å². The average molecular weight is 213 g/mol. The maximum atomic E-state index is 6.12. The van der Waals surface area contributed by atoms with E-state index in [1.54, 1.807) is 6.20 Å². The Morgan fingerprint density at radius 1 is 1.36 bits per heavy atom. The molecule has 0 saturated heterocycles. The highest BCUT2D eigenvalue weighted by Gasteiger charge is 2.13. The first kappa shape index (κ1) is 11.3. The molecular formula is C11H17ClN2. The summed E-state index contributed by atoms with van der Waals surface area (Å²) in [6.07, 6.45) is 1.74. The normalized spacial score (nSPS) is 10.8. The minimum Gasteiger partial charge on any atom is -0.363 e. The van der Waals surface area contributed by atoms with Crippen LogP contribution in [0, 0.1) is 6.92 Å². The van der Waals surface area contributed by atoms with Gasteiger partial charge in [-0.1, -0.05) is 25.4 Å². The van der Waals surface area contributed by atoms with Crippen molar-refractivity contribution in [3.63, 3.8) is 0 Å². The topological polar surface area (TPSA) is 16.1 Å². The first-order chi connectivity index (χ1) is 6.45. The van der Waals surface area contributed by atoms with E-state index in [9.17, 15) is 0 Å². The number of rotatable bonds is 2. The molecule has 0 fully saturated rings. The van der Waals surface area contributed by atoms with Crippen molar-refractivity contribution < 1.29 is 0 Å². The molecule has 0 aromatic carbocycles. The molecule has 0 N–H and O–H groups in total. The number of hydrogen-bond donors (Lipinski definition) is 0. The summed E-state index contributed by atoms with van der Waals surface area (Å²) in [5.74, 6) is 1.43. The number of halogens is 1. The average Bonchev–Trinajstić information content (AvgIpc) is 2.02. The Hall–Kier alpha value is -0.760. The molecule has 0 spiro atoms. The molecule has 0 aliphatic heterocycles. The van der Waals surface area contributed by atoms with Crippen LogP contribution in [0.25, 0.3) is 0 Å². The van der Waals surface area contributed by atoms with Crippen LogP contribution in [0.3, 0.4) is 0 Å². The summed E-state index contributed by atoms with van der Waals surface area (Å²) in [6, 6.07) is 0. The Labute approximate surface area is 90.9 Å². The fraction of sp³-hybridized carbons (Fsp3) is 0.545. The SMILES string of the molecule is Cc1c(N(C)C)ncc(Cl)c1C(C)C. The van der Waals surface area contributed by atoms with Crippen LogP contribution >= 0.6 is 11.6 Å². The van der Waals surface area contributed by atoms with Crippen molar-refractivity contribution >= 4 is 17.4 Å². The predicted molar refractivity (Wildman–Crippen MR) is 62.4 cm³/mol. The lowest BCUT2D eigenvalue weighted by Gasteiger charge is -2.19. The third-order valence-electron chi connectivity index (χ3n) is 2.30. The second kappa shape index (κ2) is 4.18. The van der Waals surface area contributed by atoms with Crippen LogP contribution in [0.5, 0.6) is 0 Å². The fourth-order valence-corrected chi connectivity index (χ4v) is 2.15. The van der Waals surface area contributed by atoms with Crippen LogP contribution in [-0.2, 0) is 0 Å². The van der Waals surface area contributed by atoms with Gasteiger partial charge < -0.3 is 4.90 Å². The Balaban J connectivity index is 3.34. The van der Waals surface area contributed by atoms with E-state index in [2.05, 4.69) is 25.8 Å². The van der Waals surface area contributed by atoms with Gasteiger partial charge in [0.25, 0.3) is 0 Å². The lowest BCUT2D eigenvalue weighted by molar-refractivity contribution is 0.848. The van der Waals surface area contributed by atoms with Crippen LogP contribution in [-0.4, -0.2) is 19.1 Å². The lowest BCUT2D eigenvalue weighted by Crippen LogP contribution is -2.13. The summed E-state index contributed by atoms with van der Waals surface area (Å²) in [7, 11) is 3.99. The van der Waals surface area contributed by atoms with Crippen LogP contribution in [0.15, 0.2) is 6.20 Å². The molecule has 3 heteroatoms. The number of aromatic nitrogens is 1. The molecule has 0 radical (unpaired) electrons. The van der Waals surface area contributed by atoms with Crippen LogP contribution in [0.1, 0.15) is 30.9 Å². The van der Waals surface area contributed by atoms with Crippen LogP contribution in [0.2, 0.25) is 5.02 Å². The van der Waals surface area contributed by atoms with Crippen molar-refractivity contribution in [2.45, 2.75) is 26.7 Å². The summed E-state index contributed by atoms with van der Waals surface area (Å²) >= 11 is 6.12. The molecular weight excluding hydrogens is 196 g/mol. The number of nitrogens with zero attached hydrogens (tertiary/aromatic N) is 2. The third kappa shape index (κ3) is 2.01. The van der Waals surface area contributed by atoms with Gasteiger partial charge >= 0.3 is 0 Å². The molecule has 0 amide bonds. The maximum Gasteiger partial charge on any atom is 0.131 e.